The van der Waals surface area contributed by atoms with Gasteiger partial charge in [0.2, 0.25) is 0 Å². The number of aromatic nitrogens is 2. The summed E-state index contributed by atoms with van der Waals surface area (Å²) in [7, 11) is 1.64. The van der Waals surface area contributed by atoms with Crippen LogP contribution >= 0.6 is 11.6 Å². The molecule has 1 N–H and O–H groups in total. The molecule has 18 heavy (non-hydrogen) atoms. The van der Waals surface area contributed by atoms with E-state index in [9.17, 15) is 4.79 Å². The molecule has 0 saturated heterocycles. The third-order valence-electron chi connectivity index (χ3n) is 2.62. The molecular weight excluding hydrogens is 254 g/mol. The van der Waals surface area contributed by atoms with E-state index in [1.165, 1.54) is 0 Å². The van der Waals surface area contributed by atoms with Crippen LogP contribution in [0.25, 0.3) is 0 Å². The number of anilines is 1. The molecule has 1 unspecified atom stereocenters. The lowest BCUT2D eigenvalue weighted by Gasteiger charge is -2.17. The van der Waals surface area contributed by atoms with Crippen LogP contribution in [-0.2, 0) is 4.74 Å². The van der Waals surface area contributed by atoms with Crippen molar-refractivity contribution in [3.05, 3.63) is 22.7 Å². The zero-order chi connectivity index (χ0) is 13.5. The lowest BCUT2D eigenvalue weighted by atomic mass is 10.2. The Labute approximate surface area is 112 Å². The molecule has 0 fully saturated rings. The summed E-state index contributed by atoms with van der Waals surface area (Å²) >= 11 is 5.85. The highest BCUT2D eigenvalue weighted by atomic mass is 35.5. The largest absolute Gasteiger partial charge is 0.385 e. The van der Waals surface area contributed by atoms with E-state index in [1.54, 1.807) is 24.1 Å². The summed E-state index contributed by atoms with van der Waals surface area (Å²) < 4.78 is 6.64. The highest BCUT2D eigenvalue weighted by molar-refractivity contribution is 6.18. The van der Waals surface area contributed by atoms with E-state index in [0.29, 0.717) is 18.3 Å². The van der Waals surface area contributed by atoms with Gasteiger partial charge in [-0.1, -0.05) is 0 Å². The minimum absolute atomic E-state index is 0.0187. The number of nitrogens with one attached hydrogen (secondary N) is 1. The van der Waals surface area contributed by atoms with Gasteiger partial charge in [-0.3, -0.25) is 4.79 Å². The van der Waals surface area contributed by atoms with Crippen LogP contribution < -0.4 is 10.9 Å². The fraction of sp³-hybridized carbons (Fsp3) is 0.667. The zero-order valence-electron chi connectivity index (χ0n) is 11.0. The lowest BCUT2D eigenvalue weighted by molar-refractivity contribution is 0.191. The Morgan fingerprint density at radius 3 is 2.83 bits per heavy atom. The quantitative estimate of drug-likeness (QED) is 0.771. The molecule has 1 atom stereocenters. The first-order chi connectivity index (χ1) is 8.60. The van der Waals surface area contributed by atoms with Crippen LogP contribution in [0.1, 0.15) is 26.3 Å². The van der Waals surface area contributed by atoms with E-state index in [0.717, 1.165) is 6.42 Å². The molecule has 5 nitrogen and oxygen atoms in total. The first-order valence-corrected chi connectivity index (χ1v) is 6.52. The second-order valence-electron chi connectivity index (χ2n) is 4.36. The molecule has 0 amide bonds. The second kappa shape index (κ2) is 7.38. The Bertz CT molecular complexity index is 420. The monoisotopic (exact) mass is 273 g/mol. The second-order valence-corrected chi connectivity index (χ2v) is 4.67. The number of methoxy groups -OCH3 is 1. The molecule has 1 rings (SSSR count). The first kappa shape index (κ1) is 15.0. The molecule has 0 bridgehead atoms. The normalized spacial score (nSPS) is 12.7. The standard InChI is InChI=1S/C12H20ClN3O2/c1-9(2)16-6-5-14-11(12(16)17)15-10(8-13)4-7-18-3/h5-6,9-10H,4,7-8H2,1-3H3,(H,14,15). The van der Waals surface area contributed by atoms with Crippen molar-refractivity contribution < 1.29 is 4.74 Å². The maximum atomic E-state index is 12.1. The SMILES string of the molecule is COCCC(CCl)Nc1nccn(C(C)C)c1=O. The average molecular weight is 274 g/mol. The molecule has 0 aliphatic carbocycles. The Morgan fingerprint density at radius 2 is 2.28 bits per heavy atom. The van der Waals surface area contributed by atoms with Gasteiger partial charge in [-0.2, -0.15) is 0 Å². The molecule has 0 radical (unpaired) electrons. The third kappa shape index (κ3) is 3.99. The molecule has 0 saturated carbocycles. The smallest absolute Gasteiger partial charge is 0.293 e. The summed E-state index contributed by atoms with van der Waals surface area (Å²) in [5.41, 5.74) is -0.125. The van der Waals surface area contributed by atoms with Crippen molar-refractivity contribution in [3.63, 3.8) is 0 Å². The van der Waals surface area contributed by atoms with Crippen LogP contribution in [0.5, 0.6) is 0 Å². The summed E-state index contributed by atoms with van der Waals surface area (Å²) in [4.78, 5) is 16.2. The third-order valence-corrected chi connectivity index (χ3v) is 2.99. The van der Waals surface area contributed by atoms with Crippen molar-refractivity contribution in [1.82, 2.24) is 9.55 Å². The molecule has 1 aromatic rings. The van der Waals surface area contributed by atoms with Crippen LogP contribution in [0.4, 0.5) is 5.82 Å². The van der Waals surface area contributed by atoms with Crippen LogP contribution in [0, 0.1) is 0 Å². The molecule has 0 aromatic carbocycles. The Balaban J connectivity index is 2.83. The van der Waals surface area contributed by atoms with Crippen molar-refractivity contribution in [2.24, 2.45) is 0 Å². The molecule has 102 valence electrons. The van der Waals surface area contributed by atoms with Crippen LogP contribution in [-0.4, -0.2) is 35.2 Å². The Hall–Kier alpha value is -1.07. The van der Waals surface area contributed by atoms with Crippen molar-refractivity contribution in [2.75, 3.05) is 24.9 Å². The maximum absolute atomic E-state index is 12.1. The summed E-state index contributed by atoms with van der Waals surface area (Å²) in [5, 5.41) is 3.07. The van der Waals surface area contributed by atoms with Gasteiger partial charge in [0.25, 0.3) is 5.56 Å². The summed E-state index contributed by atoms with van der Waals surface area (Å²) in [6, 6.07) is 0.0873. The summed E-state index contributed by atoms with van der Waals surface area (Å²) in [5.74, 6) is 0.745. The van der Waals surface area contributed by atoms with Gasteiger partial charge in [-0.15, -0.1) is 11.6 Å². The van der Waals surface area contributed by atoms with Gasteiger partial charge in [0, 0.05) is 44.1 Å². The van der Waals surface area contributed by atoms with Gasteiger partial charge in [-0.05, 0) is 20.3 Å². The van der Waals surface area contributed by atoms with Gasteiger partial charge in [0.1, 0.15) is 0 Å². The van der Waals surface area contributed by atoms with E-state index in [2.05, 4.69) is 10.3 Å². The van der Waals surface area contributed by atoms with Crippen molar-refractivity contribution >= 4 is 17.4 Å². The van der Waals surface area contributed by atoms with Crippen LogP contribution in [0.3, 0.4) is 0 Å². The van der Waals surface area contributed by atoms with E-state index < -0.39 is 0 Å². The van der Waals surface area contributed by atoms with Gasteiger partial charge in [0.15, 0.2) is 5.82 Å². The predicted molar refractivity (Wildman–Crippen MR) is 73.5 cm³/mol. The lowest BCUT2D eigenvalue weighted by Crippen LogP contribution is -2.31. The van der Waals surface area contributed by atoms with E-state index in [-0.39, 0.29) is 17.6 Å². The van der Waals surface area contributed by atoms with E-state index >= 15 is 0 Å². The average Bonchev–Trinajstić information content (AvgIpc) is 2.36. The number of ether oxygens (including phenoxy) is 1. The summed E-state index contributed by atoms with van der Waals surface area (Å²) in [6.45, 7) is 4.50. The summed E-state index contributed by atoms with van der Waals surface area (Å²) in [6.07, 6.45) is 4.03. The minimum atomic E-state index is -0.125. The number of hydrogen-bond acceptors (Lipinski definition) is 4. The fourth-order valence-electron chi connectivity index (χ4n) is 1.57. The van der Waals surface area contributed by atoms with E-state index in [1.807, 2.05) is 13.8 Å². The molecule has 1 heterocycles. The van der Waals surface area contributed by atoms with Crippen LogP contribution in [0.2, 0.25) is 0 Å². The van der Waals surface area contributed by atoms with Gasteiger partial charge in [-0.25, -0.2) is 4.98 Å². The van der Waals surface area contributed by atoms with E-state index in [4.69, 9.17) is 16.3 Å². The number of hydrogen-bond donors (Lipinski definition) is 1. The van der Waals surface area contributed by atoms with Crippen molar-refractivity contribution in [3.8, 4) is 0 Å². The number of nitrogens with zero attached hydrogens (tertiary/aromatic N) is 2. The highest BCUT2D eigenvalue weighted by Crippen LogP contribution is 2.05. The predicted octanol–water partition coefficient (Wildman–Crippen LogP) is 1.88. The molecule has 6 heteroatoms. The minimum Gasteiger partial charge on any atom is -0.385 e. The zero-order valence-corrected chi connectivity index (χ0v) is 11.8. The number of halogens is 1. The van der Waals surface area contributed by atoms with Gasteiger partial charge >= 0.3 is 0 Å². The van der Waals surface area contributed by atoms with Crippen LogP contribution in [0.15, 0.2) is 17.2 Å². The number of alkyl halides is 1. The van der Waals surface area contributed by atoms with Crippen molar-refractivity contribution in [1.29, 1.82) is 0 Å². The maximum Gasteiger partial charge on any atom is 0.293 e. The molecule has 0 aliphatic rings. The van der Waals surface area contributed by atoms with Gasteiger partial charge in [0.05, 0.1) is 0 Å². The first-order valence-electron chi connectivity index (χ1n) is 5.98. The van der Waals surface area contributed by atoms with Gasteiger partial charge < -0.3 is 14.6 Å². The molecule has 0 aliphatic heterocycles. The Morgan fingerprint density at radius 1 is 1.56 bits per heavy atom. The fourth-order valence-corrected chi connectivity index (χ4v) is 1.80. The highest BCUT2D eigenvalue weighted by Gasteiger charge is 2.12. The topological polar surface area (TPSA) is 56.1 Å². The molecule has 1 aromatic heterocycles. The Kier molecular flexibility index (Phi) is 6.15. The van der Waals surface area contributed by atoms with Crippen molar-refractivity contribution in [2.45, 2.75) is 32.4 Å². The molecule has 0 spiro atoms. The number of rotatable bonds is 7. The molecular formula is C12H20ClN3O2.